The molecule has 1 saturated heterocycles. The van der Waals surface area contributed by atoms with Crippen molar-refractivity contribution in [3.05, 3.63) is 59.4 Å². The summed E-state index contributed by atoms with van der Waals surface area (Å²) in [5.74, 6) is -0.396. The molecule has 3 rings (SSSR count). The van der Waals surface area contributed by atoms with Crippen LogP contribution in [0.4, 0.5) is 10.1 Å². The van der Waals surface area contributed by atoms with Crippen LogP contribution in [-0.4, -0.2) is 25.2 Å². The Morgan fingerprint density at radius 2 is 2.17 bits per heavy atom. The molecule has 0 spiro atoms. The quantitative estimate of drug-likeness (QED) is 0.904. The number of nitrogens with one attached hydrogen (secondary N) is 1. The number of carbonyl (C=O) groups excluding carboxylic acids is 1. The molecule has 1 unspecified atom stereocenters. The van der Waals surface area contributed by atoms with E-state index in [2.05, 4.69) is 5.32 Å². The highest BCUT2D eigenvalue weighted by Crippen LogP contribution is 2.23. The number of hydrogen-bond donors (Lipinski definition) is 1. The second kappa shape index (κ2) is 7.45. The maximum atomic E-state index is 13.8. The topological polar surface area (TPSA) is 47.6 Å². The molecule has 0 radical (unpaired) electrons. The smallest absolute Gasteiger partial charge is 0.259 e. The SMILES string of the molecule is Cc1ccc(F)c(NC(=O)c2ccccc2OCC2CCCO2)c1. The van der Waals surface area contributed by atoms with Gasteiger partial charge in [0.15, 0.2) is 0 Å². The van der Waals surface area contributed by atoms with E-state index >= 15 is 0 Å². The van der Waals surface area contributed by atoms with Gasteiger partial charge in [-0.2, -0.15) is 0 Å². The maximum absolute atomic E-state index is 13.8. The number of rotatable bonds is 5. The van der Waals surface area contributed by atoms with Gasteiger partial charge in [0.1, 0.15) is 18.2 Å². The van der Waals surface area contributed by atoms with Crippen LogP contribution in [0.15, 0.2) is 42.5 Å². The molecule has 0 saturated carbocycles. The Morgan fingerprint density at radius 1 is 1.33 bits per heavy atom. The minimum absolute atomic E-state index is 0.0651. The van der Waals surface area contributed by atoms with Crippen LogP contribution in [0.25, 0.3) is 0 Å². The van der Waals surface area contributed by atoms with Crippen LogP contribution in [0.1, 0.15) is 28.8 Å². The highest BCUT2D eigenvalue weighted by molar-refractivity contribution is 6.06. The van der Waals surface area contributed by atoms with Crippen molar-refractivity contribution in [2.24, 2.45) is 0 Å². The van der Waals surface area contributed by atoms with Crippen LogP contribution in [0.3, 0.4) is 0 Å². The average molecular weight is 329 g/mol. The van der Waals surface area contributed by atoms with Gasteiger partial charge in [-0.25, -0.2) is 4.39 Å². The number of aryl methyl sites for hydroxylation is 1. The summed E-state index contributed by atoms with van der Waals surface area (Å²) in [7, 11) is 0. The van der Waals surface area contributed by atoms with Crippen molar-refractivity contribution in [1.82, 2.24) is 0 Å². The van der Waals surface area contributed by atoms with Crippen molar-refractivity contribution in [2.75, 3.05) is 18.5 Å². The third-order valence-corrected chi connectivity index (χ3v) is 3.95. The summed E-state index contributed by atoms with van der Waals surface area (Å²) in [6.07, 6.45) is 2.06. The standard InChI is InChI=1S/C19H20FNO3/c1-13-8-9-16(20)17(11-13)21-19(22)15-6-2-3-7-18(15)24-12-14-5-4-10-23-14/h2-3,6-9,11,14H,4-5,10,12H2,1H3,(H,21,22). The Balaban J connectivity index is 1.73. The molecule has 4 nitrogen and oxygen atoms in total. The number of anilines is 1. The van der Waals surface area contributed by atoms with Crippen LogP contribution >= 0.6 is 0 Å². The first-order chi connectivity index (χ1) is 11.6. The summed E-state index contributed by atoms with van der Waals surface area (Å²) < 4.78 is 25.1. The molecule has 24 heavy (non-hydrogen) atoms. The molecule has 1 aliphatic heterocycles. The van der Waals surface area contributed by atoms with E-state index < -0.39 is 11.7 Å². The fraction of sp³-hybridized carbons (Fsp3) is 0.316. The third-order valence-electron chi connectivity index (χ3n) is 3.95. The molecule has 0 aliphatic carbocycles. The summed E-state index contributed by atoms with van der Waals surface area (Å²) in [6.45, 7) is 3.00. The molecule has 1 aliphatic rings. The van der Waals surface area contributed by atoms with Crippen LogP contribution in [0.2, 0.25) is 0 Å². The Bertz CT molecular complexity index is 726. The van der Waals surface area contributed by atoms with Crippen LogP contribution in [-0.2, 0) is 4.74 Å². The molecule has 1 atom stereocenters. The summed E-state index contributed by atoms with van der Waals surface area (Å²) >= 11 is 0. The van der Waals surface area contributed by atoms with E-state index in [9.17, 15) is 9.18 Å². The highest BCUT2D eigenvalue weighted by atomic mass is 19.1. The van der Waals surface area contributed by atoms with E-state index in [0.717, 1.165) is 25.0 Å². The molecule has 2 aromatic carbocycles. The first-order valence-electron chi connectivity index (χ1n) is 8.04. The van der Waals surface area contributed by atoms with Crippen molar-refractivity contribution < 1.29 is 18.7 Å². The summed E-state index contributed by atoms with van der Waals surface area (Å²) in [4.78, 5) is 12.5. The van der Waals surface area contributed by atoms with Crippen molar-refractivity contribution in [3.63, 3.8) is 0 Å². The second-order valence-corrected chi connectivity index (χ2v) is 5.88. The fourth-order valence-electron chi connectivity index (χ4n) is 2.66. The van der Waals surface area contributed by atoms with Gasteiger partial charge in [0, 0.05) is 6.61 Å². The maximum Gasteiger partial charge on any atom is 0.259 e. The lowest BCUT2D eigenvalue weighted by Gasteiger charge is -2.15. The number of amides is 1. The largest absolute Gasteiger partial charge is 0.490 e. The molecular weight excluding hydrogens is 309 g/mol. The molecule has 1 N–H and O–H groups in total. The zero-order valence-electron chi connectivity index (χ0n) is 13.5. The predicted octanol–water partition coefficient (Wildman–Crippen LogP) is 3.94. The van der Waals surface area contributed by atoms with Gasteiger partial charge in [0.25, 0.3) is 5.91 Å². The number of ether oxygens (including phenoxy) is 2. The molecule has 1 fully saturated rings. The van der Waals surface area contributed by atoms with Gasteiger partial charge < -0.3 is 14.8 Å². The average Bonchev–Trinajstić information content (AvgIpc) is 3.10. The van der Waals surface area contributed by atoms with Gasteiger partial charge >= 0.3 is 0 Å². The Labute approximate surface area is 140 Å². The van der Waals surface area contributed by atoms with Gasteiger partial charge in [0.05, 0.1) is 17.4 Å². The van der Waals surface area contributed by atoms with Crippen molar-refractivity contribution in [3.8, 4) is 5.75 Å². The van der Waals surface area contributed by atoms with Crippen LogP contribution in [0.5, 0.6) is 5.75 Å². The van der Waals surface area contributed by atoms with Crippen molar-refractivity contribution >= 4 is 11.6 Å². The first kappa shape index (κ1) is 16.5. The molecule has 126 valence electrons. The predicted molar refractivity (Wildman–Crippen MR) is 90.0 cm³/mol. The Hall–Kier alpha value is -2.40. The van der Waals surface area contributed by atoms with Crippen molar-refractivity contribution in [1.29, 1.82) is 0 Å². The molecule has 1 amide bonds. The van der Waals surface area contributed by atoms with Crippen LogP contribution < -0.4 is 10.1 Å². The van der Waals surface area contributed by atoms with E-state index in [4.69, 9.17) is 9.47 Å². The molecule has 0 aromatic heterocycles. The highest BCUT2D eigenvalue weighted by Gasteiger charge is 2.19. The van der Waals surface area contributed by atoms with E-state index in [1.54, 1.807) is 36.4 Å². The summed E-state index contributed by atoms with van der Waals surface area (Å²) in [5, 5.41) is 2.61. The lowest BCUT2D eigenvalue weighted by Crippen LogP contribution is -2.19. The molecule has 0 bridgehead atoms. The zero-order valence-corrected chi connectivity index (χ0v) is 13.5. The van der Waals surface area contributed by atoms with E-state index in [0.29, 0.717) is 17.9 Å². The van der Waals surface area contributed by atoms with Crippen molar-refractivity contribution in [2.45, 2.75) is 25.9 Å². The number of para-hydroxylation sites is 1. The number of hydrogen-bond acceptors (Lipinski definition) is 3. The number of halogens is 1. The van der Waals surface area contributed by atoms with Gasteiger partial charge in [-0.3, -0.25) is 4.79 Å². The molecule has 5 heteroatoms. The molecule has 2 aromatic rings. The summed E-state index contributed by atoms with van der Waals surface area (Å²) in [6, 6.07) is 11.5. The monoisotopic (exact) mass is 329 g/mol. The van der Waals surface area contributed by atoms with E-state index in [1.165, 1.54) is 6.07 Å². The van der Waals surface area contributed by atoms with E-state index in [-0.39, 0.29) is 11.8 Å². The van der Waals surface area contributed by atoms with Gasteiger partial charge in [-0.1, -0.05) is 18.2 Å². The second-order valence-electron chi connectivity index (χ2n) is 5.88. The first-order valence-corrected chi connectivity index (χ1v) is 8.04. The number of carbonyl (C=O) groups is 1. The molecule has 1 heterocycles. The Kier molecular flexibility index (Phi) is 5.11. The lowest BCUT2D eigenvalue weighted by molar-refractivity contribution is 0.0673. The number of benzene rings is 2. The fourth-order valence-corrected chi connectivity index (χ4v) is 2.66. The minimum atomic E-state index is -0.466. The van der Waals surface area contributed by atoms with Gasteiger partial charge in [-0.15, -0.1) is 0 Å². The van der Waals surface area contributed by atoms with E-state index in [1.807, 2.05) is 6.92 Å². The van der Waals surface area contributed by atoms with Crippen LogP contribution in [0, 0.1) is 12.7 Å². The molecular formula is C19H20FNO3. The Morgan fingerprint density at radius 3 is 2.96 bits per heavy atom. The normalized spacial score (nSPS) is 16.8. The zero-order chi connectivity index (χ0) is 16.9. The van der Waals surface area contributed by atoms with Gasteiger partial charge in [-0.05, 0) is 49.6 Å². The van der Waals surface area contributed by atoms with Gasteiger partial charge in [0.2, 0.25) is 0 Å². The third kappa shape index (κ3) is 3.92. The summed E-state index contributed by atoms with van der Waals surface area (Å²) in [5.41, 5.74) is 1.40. The lowest BCUT2D eigenvalue weighted by atomic mass is 10.1. The minimum Gasteiger partial charge on any atom is -0.490 e.